The molecule has 0 aliphatic rings. The van der Waals surface area contributed by atoms with Crippen molar-refractivity contribution in [2.24, 2.45) is 0 Å². The summed E-state index contributed by atoms with van der Waals surface area (Å²) in [7, 11) is 0. The molecule has 0 radical (unpaired) electrons. The molecule has 0 aromatic heterocycles. The summed E-state index contributed by atoms with van der Waals surface area (Å²) in [6.45, 7) is -0.231. The van der Waals surface area contributed by atoms with Crippen LogP contribution >= 0.6 is 0 Å². The van der Waals surface area contributed by atoms with E-state index < -0.39 is 12.1 Å². The molecular formula is C11H11O4-. The first-order valence-corrected chi connectivity index (χ1v) is 4.54. The summed E-state index contributed by atoms with van der Waals surface area (Å²) in [5, 5.41) is 10.7. The van der Waals surface area contributed by atoms with Gasteiger partial charge in [0, 0.05) is 6.42 Å². The molecule has 0 aliphatic carbocycles. The van der Waals surface area contributed by atoms with Gasteiger partial charge in [-0.3, -0.25) is 0 Å². The molecule has 0 heterocycles. The SMILES string of the molecule is O=CCOC(Cc1ccccc1)C(=O)[O-]. The van der Waals surface area contributed by atoms with Crippen molar-refractivity contribution in [3.8, 4) is 0 Å². The maximum absolute atomic E-state index is 10.7. The van der Waals surface area contributed by atoms with E-state index >= 15 is 0 Å². The highest BCUT2D eigenvalue weighted by atomic mass is 16.5. The van der Waals surface area contributed by atoms with Crippen molar-refractivity contribution in [1.29, 1.82) is 0 Å². The van der Waals surface area contributed by atoms with E-state index in [1.165, 1.54) is 0 Å². The van der Waals surface area contributed by atoms with Crippen molar-refractivity contribution >= 4 is 12.3 Å². The maximum Gasteiger partial charge on any atom is 0.145 e. The Morgan fingerprint density at radius 3 is 2.60 bits per heavy atom. The molecule has 0 bridgehead atoms. The number of carboxylic acids is 1. The zero-order valence-electron chi connectivity index (χ0n) is 8.09. The number of carbonyl (C=O) groups is 2. The molecule has 1 aromatic carbocycles. The molecule has 0 N–H and O–H groups in total. The van der Waals surface area contributed by atoms with Gasteiger partial charge in [-0.15, -0.1) is 0 Å². The summed E-state index contributed by atoms with van der Waals surface area (Å²) in [5.41, 5.74) is 0.831. The lowest BCUT2D eigenvalue weighted by molar-refractivity contribution is -0.316. The molecule has 0 aliphatic heterocycles. The van der Waals surface area contributed by atoms with Gasteiger partial charge in [0.2, 0.25) is 0 Å². The summed E-state index contributed by atoms with van der Waals surface area (Å²) >= 11 is 0. The summed E-state index contributed by atoms with van der Waals surface area (Å²) in [5.74, 6) is -1.30. The second-order valence-corrected chi connectivity index (χ2v) is 3.00. The average Bonchev–Trinajstić information content (AvgIpc) is 2.25. The van der Waals surface area contributed by atoms with Crippen LogP contribution < -0.4 is 5.11 Å². The number of carboxylic acid groups (broad SMARTS) is 1. The zero-order valence-corrected chi connectivity index (χ0v) is 8.09. The first-order chi connectivity index (χ1) is 7.24. The highest BCUT2D eigenvalue weighted by Crippen LogP contribution is 2.05. The number of carbonyl (C=O) groups excluding carboxylic acids is 2. The third kappa shape index (κ3) is 3.91. The van der Waals surface area contributed by atoms with Gasteiger partial charge in [0.05, 0.1) is 5.97 Å². The van der Waals surface area contributed by atoms with Gasteiger partial charge in [-0.2, -0.15) is 0 Å². The monoisotopic (exact) mass is 207 g/mol. The average molecular weight is 207 g/mol. The number of ether oxygens (including phenoxy) is 1. The summed E-state index contributed by atoms with van der Waals surface area (Å²) < 4.78 is 4.83. The number of hydrogen-bond acceptors (Lipinski definition) is 4. The number of aldehydes is 1. The van der Waals surface area contributed by atoms with E-state index in [0.29, 0.717) is 6.29 Å². The summed E-state index contributed by atoms with van der Waals surface area (Å²) in [4.78, 5) is 20.7. The van der Waals surface area contributed by atoms with E-state index in [4.69, 9.17) is 4.74 Å². The summed E-state index contributed by atoms with van der Waals surface area (Å²) in [6.07, 6.45) is -0.351. The molecule has 1 atom stereocenters. The Morgan fingerprint density at radius 2 is 2.07 bits per heavy atom. The molecule has 4 nitrogen and oxygen atoms in total. The predicted molar refractivity (Wildman–Crippen MR) is 51.0 cm³/mol. The van der Waals surface area contributed by atoms with E-state index in [1.54, 1.807) is 24.3 Å². The van der Waals surface area contributed by atoms with E-state index in [1.807, 2.05) is 6.07 Å². The van der Waals surface area contributed by atoms with Crippen molar-refractivity contribution in [2.75, 3.05) is 6.61 Å². The lowest BCUT2D eigenvalue weighted by atomic mass is 10.1. The first-order valence-electron chi connectivity index (χ1n) is 4.54. The van der Waals surface area contributed by atoms with Crippen molar-refractivity contribution < 1.29 is 19.4 Å². The van der Waals surface area contributed by atoms with Crippen LogP contribution in [0.5, 0.6) is 0 Å². The van der Waals surface area contributed by atoms with Crippen LogP contribution in [-0.2, 0) is 20.7 Å². The van der Waals surface area contributed by atoms with E-state index in [9.17, 15) is 14.7 Å². The molecule has 4 heteroatoms. The standard InChI is InChI=1S/C11H12O4/c12-6-7-15-10(11(13)14)8-9-4-2-1-3-5-9/h1-6,10H,7-8H2,(H,13,14)/p-1. The van der Waals surface area contributed by atoms with E-state index in [-0.39, 0.29) is 13.0 Å². The lowest BCUT2D eigenvalue weighted by Gasteiger charge is -2.17. The van der Waals surface area contributed by atoms with Crippen LogP contribution in [0.4, 0.5) is 0 Å². The van der Waals surface area contributed by atoms with Crippen LogP contribution in [0.25, 0.3) is 0 Å². The fourth-order valence-corrected chi connectivity index (χ4v) is 1.19. The van der Waals surface area contributed by atoms with E-state index in [2.05, 4.69) is 0 Å². The van der Waals surface area contributed by atoms with Crippen LogP contribution in [0, 0.1) is 0 Å². The van der Waals surface area contributed by atoms with Gasteiger partial charge in [0.15, 0.2) is 0 Å². The van der Waals surface area contributed by atoms with Gasteiger partial charge < -0.3 is 19.4 Å². The number of benzene rings is 1. The van der Waals surface area contributed by atoms with Gasteiger partial charge in [0.1, 0.15) is 19.0 Å². The van der Waals surface area contributed by atoms with Gasteiger partial charge in [0.25, 0.3) is 0 Å². The van der Waals surface area contributed by atoms with Crippen molar-refractivity contribution in [3.05, 3.63) is 35.9 Å². The van der Waals surface area contributed by atoms with Crippen LogP contribution in [0.15, 0.2) is 30.3 Å². The Balaban J connectivity index is 2.58. The van der Waals surface area contributed by atoms with Crippen LogP contribution in [0.1, 0.15) is 5.56 Å². The first kappa shape index (κ1) is 11.4. The Labute approximate surface area is 87.5 Å². The molecule has 1 rings (SSSR count). The smallest absolute Gasteiger partial charge is 0.145 e. The highest BCUT2D eigenvalue weighted by molar-refractivity contribution is 5.70. The van der Waals surface area contributed by atoms with Gasteiger partial charge in [-0.1, -0.05) is 30.3 Å². The van der Waals surface area contributed by atoms with Crippen LogP contribution in [0.3, 0.4) is 0 Å². The Hall–Kier alpha value is -1.68. The molecule has 0 amide bonds. The van der Waals surface area contributed by atoms with E-state index in [0.717, 1.165) is 5.56 Å². The van der Waals surface area contributed by atoms with Gasteiger partial charge >= 0.3 is 0 Å². The molecule has 0 fully saturated rings. The summed E-state index contributed by atoms with van der Waals surface area (Å²) in [6, 6.07) is 9.03. The highest BCUT2D eigenvalue weighted by Gasteiger charge is 2.10. The van der Waals surface area contributed by atoms with Crippen LogP contribution in [0.2, 0.25) is 0 Å². The Bertz CT molecular complexity index is 321. The van der Waals surface area contributed by atoms with Gasteiger partial charge in [-0.05, 0) is 5.56 Å². The molecule has 0 saturated heterocycles. The number of aliphatic carboxylic acids is 1. The third-order valence-electron chi connectivity index (χ3n) is 1.89. The minimum atomic E-state index is -1.30. The van der Waals surface area contributed by atoms with Crippen molar-refractivity contribution in [1.82, 2.24) is 0 Å². The second kappa shape index (κ2) is 5.93. The lowest BCUT2D eigenvalue weighted by Crippen LogP contribution is -2.39. The Kier molecular flexibility index (Phi) is 4.50. The second-order valence-electron chi connectivity index (χ2n) is 3.00. The minimum absolute atomic E-state index is 0.205. The fraction of sp³-hybridized carbons (Fsp3) is 0.273. The fourth-order valence-electron chi connectivity index (χ4n) is 1.19. The predicted octanol–water partition coefficient (Wildman–Crippen LogP) is -0.437. The molecule has 1 aromatic rings. The molecule has 1 unspecified atom stereocenters. The van der Waals surface area contributed by atoms with Gasteiger partial charge in [-0.25, -0.2) is 0 Å². The number of rotatable bonds is 6. The maximum atomic E-state index is 10.7. The largest absolute Gasteiger partial charge is 0.547 e. The quantitative estimate of drug-likeness (QED) is 0.593. The Morgan fingerprint density at radius 1 is 1.40 bits per heavy atom. The molecule has 0 saturated carbocycles. The topological polar surface area (TPSA) is 66.4 Å². The normalized spacial score (nSPS) is 12.0. The van der Waals surface area contributed by atoms with Crippen LogP contribution in [-0.4, -0.2) is 25.0 Å². The third-order valence-corrected chi connectivity index (χ3v) is 1.89. The number of hydrogen-bond donors (Lipinski definition) is 0. The van der Waals surface area contributed by atoms with Crippen molar-refractivity contribution in [2.45, 2.75) is 12.5 Å². The molecule has 80 valence electrons. The zero-order chi connectivity index (χ0) is 11.1. The molecular weight excluding hydrogens is 196 g/mol. The van der Waals surface area contributed by atoms with Crippen molar-refractivity contribution in [3.63, 3.8) is 0 Å². The molecule has 0 spiro atoms. The minimum Gasteiger partial charge on any atom is -0.547 e. The molecule has 15 heavy (non-hydrogen) atoms.